The molecule has 0 radical (unpaired) electrons. The zero-order valence-electron chi connectivity index (χ0n) is 21.1. The summed E-state index contributed by atoms with van der Waals surface area (Å²) < 4.78 is 7.03. The largest absolute Gasteiger partial charge is 0.497 e. The minimum Gasteiger partial charge on any atom is -0.497 e. The van der Waals surface area contributed by atoms with Crippen LogP contribution in [0.4, 0.5) is 0 Å². The number of halogens is 1. The lowest BCUT2D eigenvalue weighted by molar-refractivity contribution is 0.102. The van der Waals surface area contributed by atoms with Crippen molar-refractivity contribution in [2.75, 3.05) is 12.9 Å². The fourth-order valence-corrected chi connectivity index (χ4v) is 6.94. The molecule has 1 spiro atoms. The highest BCUT2D eigenvalue weighted by atomic mass is 35.5. The zero-order chi connectivity index (χ0) is 26.3. The van der Waals surface area contributed by atoms with Gasteiger partial charge in [0.2, 0.25) is 0 Å². The predicted octanol–water partition coefficient (Wildman–Crippen LogP) is 6.90. The Morgan fingerprint density at radius 3 is 2.45 bits per heavy atom. The predicted molar refractivity (Wildman–Crippen MR) is 152 cm³/mol. The van der Waals surface area contributed by atoms with Gasteiger partial charge in [0.15, 0.2) is 10.9 Å². The molecule has 1 aromatic heterocycles. The third kappa shape index (κ3) is 4.36. The van der Waals surface area contributed by atoms with Crippen molar-refractivity contribution in [2.45, 2.75) is 42.7 Å². The van der Waals surface area contributed by atoms with Gasteiger partial charge in [-0.2, -0.15) is 0 Å². The second-order valence-electron chi connectivity index (χ2n) is 10.00. The van der Waals surface area contributed by atoms with E-state index in [4.69, 9.17) is 21.3 Å². The average Bonchev–Trinajstić information content (AvgIpc) is 3.40. The molecule has 0 amide bonds. The lowest BCUT2D eigenvalue weighted by atomic mass is 9.68. The van der Waals surface area contributed by atoms with Gasteiger partial charge in [0, 0.05) is 21.6 Å². The van der Waals surface area contributed by atoms with Gasteiger partial charge in [0.25, 0.3) is 5.56 Å². The monoisotopic (exact) mass is 542 g/mol. The van der Waals surface area contributed by atoms with Gasteiger partial charge in [-0.1, -0.05) is 60.5 Å². The van der Waals surface area contributed by atoms with Crippen LogP contribution in [0.1, 0.15) is 47.2 Å². The van der Waals surface area contributed by atoms with E-state index in [9.17, 15) is 9.59 Å². The van der Waals surface area contributed by atoms with E-state index in [1.54, 1.807) is 35.9 Å². The van der Waals surface area contributed by atoms with Crippen molar-refractivity contribution < 1.29 is 9.53 Å². The van der Waals surface area contributed by atoms with E-state index in [0.29, 0.717) is 27.2 Å². The number of aromatic nitrogens is 2. The Morgan fingerprint density at radius 1 is 1.03 bits per heavy atom. The van der Waals surface area contributed by atoms with E-state index < -0.39 is 0 Å². The van der Waals surface area contributed by atoms with Gasteiger partial charge < -0.3 is 4.74 Å². The molecule has 6 rings (SSSR count). The van der Waals surface area contributed by atoms with Crippen molar-refractivity contribution in [3.8, 4) is 22.7 Å². The number of carbonyl (C=O) groups is 1. The summed E-state index contributed by atoms with van der Waals surface area (Å²) in [6.07, 6.45) is 5.04. The zero-order valence-corrected chi connectivity index (χ0v) is 22.6. The van der Waals surface area contributed by atoms with Crippen LogP contribution in [0.5, 0.6) is 5.75 Å². The summed E-state index contributed by atoms with van der Waals surface area (Å²) in [5.41, 5.74) is 4.88. The number of thioether (sulfide) groups is 1. The van der Waals surface area contributed by atoms with E-state index in [1.807, 2.05) is 30.3 Å². The van der Waals surface area contributed by atoms with Crippen LogP contribution in [-0.4, -0.2) is 28.2 Å². The number of hydrogen-bond acceptors (Lipinski definition) is 5. The Bertz CT molecular complexity index is 1570. The molecule has 5 nitrogen and oxygen atoms in total. The Hall–Kier alpha value is -3.35. The van der Waals surface area contributed by atoms with Gasteiger partial charge >= 0.3 is 0 Å². The molecule has 0 unspecified atom stereocenters. The first-order chi connectivity index (χ1) is 18.5. The van der Waals surface area contributed by atoms with Crippen LogP contribution in [0.15, 0.2) is 82.7 Å². The maximum absolute atomic E-state index is 14.5. The second-order valence-corrected chi connectivity index (χ2v) is 11.4. The number of nitrogens with zero attached hydrogens (tertiary/aromatic N) is 2. The second kappa shape index (κ2) is 10.1. The van der Waals surface area contributed by atoms with Crippen LogP contribution in [0.25, 0.3) is 16.9 Å². The van der Waals surface area contributed by atoms with Gasteiger partial charge in [-0.3, -0.25) is 14.2 Å². The summed E-state index contributed by atoms with van der Waals surface area (Å²) in [6, 6.07) is 22.6. The van der Waals surface area contributed by atoms with Crippen molar-refractivity contribution in [2.24, 2.45) is 0 Å². The average molecular weight is 543 g/mol. The number of benzene rings is 3. The van der Waals surface area contributed by atoms with E-state index in [0.717, 1.165) is 48.9 Å². The first-order valence-corrected chi connectivity index (χ1v) is 14.2. The number of rotatable bonds is 6. The number of ketones is 1. The smallest absolute Gasteiger partial charge is 0.263 e. The van der Waals surface area contributed by atoms with Crippen molar-refractivity contribution in [1.82, 2.24) is 9.55 Å². The molecule has 0 N–H and O–H groups in total. The first-order valence-electron chi connectivity index (χ1n) is 12.8. The third-order valence-corrected chi connectivity index (χ3v) is 8.96. The highest BCUT2D eigenvalue weighted by Gasteiger charge is 2.44. The molecule has 38 heavy (non-hydrogen) atoms. The number of methoxy groups -OCH3 is 1. The Labute approximate surface area is 230 Å². The van der Waals surface area contributed by atoms with Crippen LogP contribution in [-0.2, 0) is 11.8 Å². The standard InChI is InChI=1S/C31H27ClN2O3S/c1-37-24-14-12-23(13-15-24)34-29(36)27-28(25-7-3-2-6-21(25)18-31(27)16-4-5-17-31)33-30(34)38-19-26(35)20-8-10-22(32)11-9-20/h2-3,6-15H,4-5,16-19H2,1H3. The van der Waals surface area contributed by atoms with E-state index >= 15 is 0 Å². The summed E-state index contributed by atoms with van der Waals surface area (Å²) >= 11 is 7.29. The number of ether oxygens (including phenoxy) is 1. The maximum Gasteiger partial charge on any atom is 0.263 e. The Morgan fingerprint density at radius 2 is 1.74 bits per heavy atom. The Kier molecular flexibility index (Phi) is 6.62. The van der Waals surface area contributed by atoms with E-state index in [1.165, 1.54) is 17.3 Å². The molecule has 0 saturated heterocycles. The number of Topliss-reactive ketones (excluding diaryl/α,β-unsaturated/α-hetero) is 1. The summed E-state index contributed by atoms with van der Waals surface area (Å²) in [5, 5.41) is 1.09. The molecular weight excluding hydrogens is 516 g/mol. The SMILES string of the molecule is COc1ccc(-n2c(SCC(=O)c3ccc(Cl)cc3)nc3c(c2=O)C2(CCCC2)Cc2ccccc2-3)cc1. The Balaban J connectivity index is 1.51. The van der Waals surface area contributed by atoms with Crippen molar-refractivity contribution in [1.29, 1.82) is 0 Å². The van der Waals surface area contributed by atoms with Crippen molar-refractivity contribution >= 4 is 29.1 Å². The van der Waals surface area contributed by atoms with E-state index in [2.05, 4.69) is 18.2 Å². The lowest BCUT2D eigenvalue weighted by Gasteiger charge is -2.36. The lowest BCUT2D eigenvalue weighted by Crippen LogP contribution is -2.40. The molecule has 7 heteroatoms. The quantitative estimate of drug-likeness (QED) is 0.151. The third-order valence-electron chi connectivity index (χ3n) is 7.77. The van der Waals surface area contributed by atoms with Gasteiger partial charge in [-0.15, -0.1) is 0 Å². The normalized spacial score (nSPS) is 15.2. The van der Waals surface area contributed by atoms with Gasteiger partial charge in [-0.25, -0.2) is 4.98 Å². The van der Waals surface area contributed by atoms with Crippen LogP contribution in [0.3, 0.4) is 0 Å². The number of fused-ring (bicyclic) bond motifs is 4. The van der Waals surface area contributed by atoms with Crippen LogP contribution < -0.4 is 10.3 Å². The van der Waals surface area contributed by atoms with Crippen LogP contribution in [0.2, 0.25) is 5.02 Å². The topological polar surface area (TPSA) is 61.2 Å². The minimum atomic E-state index is -0.204. The summed E-state index contributed by atoms with van der Waals surface area (Å²) in [6.45, 7) is 0. The molecule has 0 atom stereocenters. The molecule has 2 aliphatic carbocycles. The van der Waals surface area contributed by atoms with Crippen LogP contribution >= 0.6 is 23.4 Å². The molecule has 1 saturated carbocycles. The number of hydrogen-bond donors (Lipinski definition) is 0. The summed E-state index contributed by atoms with van der Waals surface area (Å²) in [4.78, 5) is 32.7. The molecule has 3 aromatic carbocycles. The van der Waals surface area contributed by atoms with Crippen LogP contribution in [0, 0.1) is 0 Å². The molecule has 2 aliphatic rings. The van der Waals surface area contributed by atoms with Gasteiger partial charge in [-0.05, 0) is 73.4 Å². The number of carbonyl (C=O) groups excluding carboxylic acids is 1. The van der Waals surface area contributed by atoms with Crippen molar-refractivity contribution in [3.05, 3.63) is 105 Å². The molecule has 4 aromatic rings. The minimum absolute atomic E-state index is 0.0435. The summed E-state index contributed by atoms with van der Waals surface area (Å²) in [5.74, 6) is 0.809. The molecular formula is C31H27ClN2O3S. The molecule has 1 fully saturated rings. The molecule has 192 valence electrons. The summed E-state index contributed by atoms with van der Waals surface area (Å²) in [7, 11) is 1.62. The highest BCUT2D eigenvalue weighted by molar-refractivity contribution is 7.99. The fourth-order valence-electron chi connectivity index (χ4n) is 5.92. The van der Waals surface area contributed by atoms with Gasteiger partial charge in [0.1, 0.15) is 5.75 Å². The molecule has 1 heterocycles. The van der Waals surface area contributed by atoms with Gasteiger partial charge in [0.05, 0.1) is 29.8 Å². The maximum atomic E-state index is 14.5. The first kappa shape index (κ1) is 25.0. The fraction of sp³-hybridized carbons (Fsp3) is 0.258. The van der Waals surface area contributed by atoms with E-state index in [-0.39, 0.29) is 22.5 Å². The molecule has 0 aliphatic heterocycles. The van der Waals surface area contributed by atoms with Crippen molar-refractivity contribution in [3.63, 3.8) is 0 Å². The molecule has 0 bridgehead atoms. The highest BCUT2D eigenvalue weighted by Crippen LogP contribution is 2.50.